The molecule has 1 unspecified atom stereocenters. The first kappa shape index (κ1) is 28.3. The van der Waals surface area contributed by atoms with Crippen LogP contribution in [-0.4, -0.2) is 25.7 Å². The molecule has 1 amide bonds. The lowest BCUT2D eigenvalue weighted by Crippen LogP contribution is -2.36. The molecule has 7 heteroatoms. The lowest BCUT2D eigenvalue weighted by atomic mass is 9.81. The van der Waals surface area contributed by atoms with Crippen molar-refractivity contribution in [3.05, 3.63) is 137 Å². The Labute approximate surface area is 253 Å². The lowest BCUT2D eigenvalue weighted by Gasteiger charge is -2.31. The lowest BCUT2D eigenvalue weighted by molar-refractivity contribution is -0.120. The summed E-state index contributed by atoms with van der Waals surface area (Å²) in [5.74, 6) is 0.984. The summed E-state index contributed by atoms with van der Waals surface area (Å²) in [4.78, 5) is 25.2. The minimum absolute atomic E-state index is 0.0714. The molecule has 1 aliphatic rings. The Morgan fingerprint density at radius 2 is 1.79 bits per heavy atom. The highest BCUT2D eigenvalue weighted by Gasteiger charge is 2.32. The van der Waals surface area contributed by atoms with E-state index in [4.69, 9.17) is 9.72 Å². The summed E-state index contributed by atoms with van der Waals surface area (Å²) in [5, 5.41) is 4.59. The quantitative estimate of drug-likeness (QED) is 0.179. The van der Waals surface area contributed by atoms with Gasteiger partial charge in [-0.05, 0) is 77.8 Å². The fourth-order valence-corrected chi connectivity index (χ4v) is 5.76. The summed E-state index contributed by atoms with van der Waals surface area (Å²) in [6.07, 6.45) is 11.9. The van der Waals surface area contributed by atoms with Gasteiger partial charge in [-0.15, -0.1) is 0 Å². The van der Waals surface area contributed by atoms with Crippen LogP contribution in [0.2, 0.25) is 0 Å². The number of rotatable bonds is 10. The van der Waals surface area contributed by atoms with Crippen molar-refractivity contribution >= 4 is 11.6 Å². The van der Waals surface area contributed by atoms with E-state index in [0.29, 0.717) is 25.6 Å². The molecule has 7 nitrogen and oxygen atoms in total. The van der Waals surface area contributed by atoms with Gasteiger partial charge in [-0.25, -0.2) is 0 Å². The minimum atomic E-state index is -0.263. The van der Waals surface area contributed by atoms with Gasteiger partial charge in [0.05, 0.1) is 37.1 Å². The van der Waals surface area contributed by atoms with E-state index in [1.165, 1.54) is 0 Å². The highest BCUT2D eigenvalue weighted by molar-refractivity contribution is 5.98. The Hall–Kier alpha value is -4.78. The number of carbonyl (C=O) groups is 1. The van der Waals surface area contributed by atoms with Gasteiger partial charge in [0, 0.05) is 29.8 Å². The number of hydrogen-bond donors (Lipinski definition) is 0. The van der Waals surface area contributed by atoms with Crippen LogP contribution >= 0.6 is 0 Å². The van der Waals surface area contributed by atoms with Gasteiger partial charge in [0.2, 0.25) is 5.91 Å². The molecule has 5 aromatic rings. The molecular formula is C36H37N5O2. The van der Waals surface area contributed by atoms with Gasteiger partial charge in [0.25, 0.3) is 0 Å². The molecule has 3 heterocycles. The normalized spacial score (nSPS) is 14.3. The van der Waals surface area contributed by atoms with E-state index >= 15 is 0 Å². The number of ether oxygens (including phenoxy) is 1. The van der Waals surface area contributed by atoms with Crippen LogP contribution in [0.4, 0.5) is 5.69 Å². The summed E-state index contributed by atoms with van der Waals surface area (Å²) in [6, 6.07) is 24.3. The molecule has 1 aliphatic carbocycles. The molecule has 3 aromatic heterocycles. The number of hydrogen-bond acceptors (Lipinski definition) is 5. The van der Waals surface area contributed by atoms with E-state index in [2.05, 4.69) is 42.1 Å². The van der Waals surface area contributed by atoms with Gasteiger partial charge >= 0.3 is 0 Å². The van der Waals surface area contributed by atoms with Crippen molar-refractivity contribution in [2.45, 2.75) is 64.6 Å². The predicted octanol–water partition coefficient (Wildman–Crippen LogP) is 7.08. The first-order valence-corrected chi connectivity index (χ1v) is 15.0. The van der Waals surface area contributed by atoms with Crippen LogP contribution in [0.5, 0.6) is 5.75 Å². The van der Waals surface area contributed by atoms with Crippen molar-refractivity contribution in [1.29, 1.82) is 0 Å². The van der Waals surface area contributed by atoms with Crippen molar-refractivity contribution in [2.24, 2.45) is 0 Å². The minimum Gasteiger partial charge on any atom is -0.489 e. The summed E-state index contributed by atoms with van der Waals surface area (Å²) >= 11 is 0. The summed E-state index contributed by atoms with van der Waals surface area (Å²) in [6.45, 7) is 5.80. The zero-order valence-electron chi connectivity index (χ0n) is 24.8. The van der Waals surface area contributed by atoms with Crippen LogP contribution in [0, 0.1) is 0 Å². The zero-order valence-corrected chi connectivity index (χ0v) is 24.8. The SMILES string of the molecule is CC(C)c1ccc(N(Cc2cnn(Cc3ccncc3)c2)C(=O)C2CCCc3c(OCc4ccccc4)cccc32)cn1. The van der Waals surface area contributed by atoms with E-state index in [9.17, 15) is 4.79 Å². The van der Waals surface area contributed by atoms with Crippen molar-refractivity contribution in [3.63, 3.8) is 0 Å². The van der Waals surface area contributed by atoms with Gasteiger partial charge in [-0.2, -0.15) is 5.10 Å². The fraction of sp³-hybridized carbons (Fsp3) is 0.278. The Morgan fingerprint density at radius 3 is 2.56 bits per heavy atom. The van der Waals surface area contributed by atoms with Gasteiger partial charge < -0.3 is 9.64 Å². The molecule has 0 spiro atoms. The second-order valence-corrected chi connectivity index (χ2v) is 11.5. The third-order valence-corrected chi connectivity index (χ3v) is 8.06. The van der Waals surface area contributed by atoms with Crippen LogP contribution in [0.1, 0.15) is 72.0 Å². The molecule has 0 saturated carbocycles. The van der Waals surface area contributed by atoms with Crippen LogP contribution in [0.3, 0.4) is 0 Å². The van der Waals surface area contributed by atoms with Crippen molar-refractivity contribution in [2.75, 3.05) is 4.90 Å². The molecule has 0 radical (unpaired) electrons. The number of pyridine rings is 2. The molecule has 0 fully saturated rings. The Bertz CT molecular complexity index is 1650. The van der Waals surface area contributed by atoms with Gasteiger partial charge in [-0.1, -0.05) is 56.3 Å². The maximum atomic E-state index is 14.5. The summed E-state index contributed by atoms with van der Waals surface area (Å²) < 4.78 is 8.20. The number of anilines is 1. The largest absolute Gasteiger partial charge is 0.489 e. The molecule has 218 valence electrons. The Balaban J connectivity index is 1.27. The van der Waals surface area contributed by atoms with Crippen molar-refractivity contribution in [1.82, 2.24) is 19.7 Å². The van der Waals surface area contributed by atoms with E-state index in [0.717, 1.165) is 64.2 Å². The smallest absolute Gasteiger partial charge is 0.234 e. The first-order valence-electron chi connectivity index (χ1n) is 15.0. The van der Waals surface area contributed by atoms with Crippen LogP contribution in [0.25, 0.3) is 0 Å². The van der Waals surface area contributed by atoms with E-state index in [1.807, 2.05) is 82.8 Å². The molecule has 0 bridgehead atoms. The monoisotopic (exact) mass is 571 g/mol. The maximum absolute atomic E-state index is 14.5. The number of carbonyl (C=O) groups excluding carboxylic acids is 1. The number of amides is 1. The Morgan fingerprint density at radius 1 is 0.953 bits per heavy atom. The maximum Gasteiger partial charge on any atom is 0.234 e. The average molecular weight is 572 g/mol. The predicted molar refractivity (Wildman–Crippen MR) is 168 cm³/mol. The number of aromatic nitrogens is 4. The van der Waals surface area contributed by atoms with Gasteiger partial charge in [0.15, 0.2) is 0 Å². The molecule has 0 N–H and O–H groups in total. The number of fused-ring (bicyclic) bond motifs is 1. The van der Waals surface area contributed by atoms with E-state index in [-0.39, 0.29) is 11.8 Å². The standard InChI is InChI=1S/C36H37N5O2/c1-26(2)34-15-14-30(21-38-34)41(24-29-20-39-40(23-29)22-27-16-18-37-19-17-27)36(42)33-12-6-11-32-31(33)10-7-13-35(32)43-25-28-8-4-3-5-9-28/h3-5,7-10,13-21,23,26,33H,6,11-12,22,24-25H2,1-2H3. The van der Waals surface area contributed by atoms with Gasteiger partial charge in [-0.3, -0.25) is 19.4 Å². The van der Waals surface area contributed by atoms with E-state index < -0.39 is 0 Å². The molecule has 2 aromatic carbocycles. The molecular weight excluding hydrogens is 534 g/mol. The topological polar surface area (TPSA) is 73.1 Å². The summed E-state index contributed by atoms with van der Waals surface area (Å²) in [5.41, 5.74) is 7.20. The second kappa shape index (κ2) is 13.0. The molecule has 0 saturated heterocycles. The average Bonchev–Trinajstić information content (AvgIpc) is 3.49. The molecule has 6 rings (SSSR count). The van der Waals surface area contributed by atoms with E-state index in [1.54, 1.807) is 12.4 Å². The van der Waals surface area contributed by atoms with Crippen LogP contribution in [-0.2, 0) is 30.9 Å². The second-order valence-electron chi connectivity index (χ2n) is 11.5. The molecule has 0 aliphatic heterocycles. The first-order chi connectivity index (χ1) is 21.0. The van der Waals surface area contributed by atoms with Crippen LogP contribution < -0.4 is 9.64 Å². The molecule has 43 heavy (non-hydrogen) atoms. The van der Waals surface area contributed by atoms with Gasteiger partial charge in [0.1, 0.15) is 12.4 Å². The number of benzene rings is 2. The third-order valence-electron chi connectivity index (χ3n) is 8.06. The number of nitrogens with zero attached hydrogens (tertiary/aromatic N) is 5. The van der Waals surface area contributed by atoms with Crippen molar-refractivity contribution in [3.8, 4) is 5.75 Å². The fourth-order valence-electron chi connectivity index (χ4n) is 5.76. The van der Waals surface area contributed by atoms with Crippen molar-refractivity contribution < 1.29 is 9.53 Å². The highest BCUT2D eigenvalue weighted by Crippen LogP contribution is 2.39. The van der Waals surface area contributed by atoms with Crippen LogP contribution in [0.15, 0.2) is 104 Å². The zero-order chi connectivity index (χ0) is 29.6. The Kier molecular flexibility index (Phi) is 8.59. The summed E-state index contributed by atoms with van der Waals surface area (Å²) in [7, 11) is 0. The highest BCUT2D eigenvalue weighted by atomic mass is 16.5. The third kappa shape index (κ3) is 6.67. The molecule has 1 atom stereocenters.